The lowest BCUT2D eigenvalue weighted by atomic mass is 9.87. The number of rotatable bonds is 7. The average molecular weight is 320 g/mol. The van der Waals surface area contributed by atoms with Gasteiger partial charge in [-0.15, -0.1) is 0 Å². The Balaban J connectivity index is 1.51. The Morgan fingerprint density at radius 3 is 2.91 bits per heavy atom. The fourth-order valence-corrected chi connectivity index (χ4v) is 3.51. The number of carbonyl (C=O) groups is 1. The molecule has 1 aromatic heterocycles. The summed E-state index contributed by atoms with van der Waals surface area (Å²) in [6.45, 7) is 2.71. The van der Waals surface area contributed by atoms with Crippen LogP contribution in [-0.2, 0) is 16.6 Å². The molecule has 1 saturated heterocycles. The van der Waals surface area contributed by atoms with E-state index in [0.717, 1.165) is 19.6 Å². The minimum atomic E-state index is 0.00244. The molecule has 1 N–H and O–H groups in total. The maximum Gasteiger partial charge on any atom is 0.246 e. The monoisotopic (exact) mass is 320 g/mol. The van der Waals surface area contributed by atoms with Gasteiger partial charge in [0, 0.05) is 19.8 Å². The van der Waals surface area contributed by atoms with E-state index >= 15 is 0 Å². The summed E-state index contributed by atoms with van der Waals surface area (Å²) >= 11 is 0. The van der Waals surface area contributed by atoms with Crippen molar-refractivity contribution in [2.45, 2.75) is 31.7 Å². The standard InChI is InChI=1S/C17H28N4O2/c1-20-9-3-4-14(17(20)15-7-8-19-21(15)2)10-18-16(22)12-23-11-13-5-6-13/h7-8,13-14,17H,3-6,9-12H2,1-2H3,(H,18,22)/t14-,17+/m0/s1. The van der Waals surface area contributed by atoms with Gasteiger partial charge in [-0.1, -0.05) is 0 Å². The third-order valence-electron chi connectivity index (χ3n) is 5.01. The number of nitrogens with one attached hydrogen (secondary N) is 1. The molecule has 1 aliphatic carbocycles. The predicted octanol–water partition coefficient (Wildman–Crippen LogP) is 1.35. The first-order valence-corrected chi connectivity index (χ1v) is 8.67. The summed E-state index contributed by atoms with van der Waals surface area (Å²) in [5.41, 5.74) is 1.22. The number of piperidine rings is 1. The van der Waals surface area contributed by atoms with Crippen LogP contribution in [-0.4, -0.2) is 53.9 Å². The van der Waals surface area contributed by atoms with Crippen LogP contribution in [0.3, 0.4) is 0 Å². The average Bonchev–Trinajstić information content (AvgIpc) is 3.26. The van der Waals surface area contributed by atoms with E-state index in [2.05, 4.69) is 28.4 Å². The van der Waals surface area contributed by atoms with Crippen LogP contribution in [0.5, 0.6) is 0 Å². The first kappa shape index (κ1) is 16.5. The largest absolute Gasteiger partial charge is 0.371 e. The first-order valence-electron chi connectivity index (χ1n) is 8.67. The molecular weight excluding hydrogens is 292 g/mol. The molecule has 6 heteroatoms. The van der Waals surface area contributed by atoms with Gasteiger partial charge in [0.25, 0.3) is 0 Å². The fourth-order valence-electron chi connectivity index (χ4n) is 3.51. The minimum Gasteiger partial charge on any atom is -0.371 e. The molecule has 6 nitrogen and oxygen atoms in total. The van der Waals surface area contributed by atoms with Gasteiger partial charge in [0.15, 0.2) is 0 Å². The number of likely N-dealkylation sites (tertiary alicyclic amines) is 1. The highest BCUT2D eigenvalue weighted by atomic mass is 16.5. The highest BCUT2D eigenvalue weighted by molar-refractivity contribution is 5.77. The zero-order valence-corrected chi connectivity index (χ0v) is 14.2. The van der Waals surface area contributed by atoms with Crippen molar-refractivity contribution in [2.24, 2.45) is 18.9 Å². The molecule has 23 heavy (non-hydrogen) atoms. The molecule has 0 radical (unpaired) electrons. The van der Waals surface area contributed by atoms with Gasteiger partial charge in [-0.3, -0.25) is 14.4 Å². The van der Waals surface area contributed by atoms with Crippen molar-refractivity contribution >= 4 is 5.91 Å². The summed E-state index contributed by atoms with van der Waals surface area (Å²) in [6, 6.07) is 2.39. The normalized spacial score (nSPS) is 25.5. The highest BCUT2D eigenvalue weighted by Gasteiger charge is 2.32. The van der Waals surface area contributed by atoms with Gasteiger partial charge in [0.1, 0.15) is 6.61 Å². The minimum absolute atomic E-state index is 0.00244. The molecule has 2 heterocycles. The Morgan fingerprint density at radius 2 is 2.22 bits per heavy atom. The number of aryl methyl sites for hydroxylation is 1. The van der Waals surface area contributed by atoms with Crippen LogP contribution in [0.2, 0.25) is 0 Å². The van der Waals surface area contributed by atoms with Gasteiger partial charge in [-0.05, 0) is 57.2 Å². The number of hydrogen-bond acceptors (Lipinski definition) is 4. The molecule has 0 unspecified atom stereocenters. The van der Waals surface area contributed by atoms with Gasteiger partial charge in [-0.25, -0.2) is 0 Å². The Kier molecular flexibility index (Phi) is 5.33. The Labute approximate surface area is 138 Å². The second-order valence-corrected chi connectivity index (χ2v) is 6.97. The number of aromatic nitrogens is 2. The molecule has 3 rings (SSSR count). The van der Waals surface area contributed by atoms with E-state index in [1.54, 1.807) is 0 Å². The summed E-state index contributed by atoms with van der Waals surface area (Å²) in [5, 5.41) is 7.36. The van der Waals surface area contributed by atoms with Crippen LogP contribution in [0.1, 0.15) is 37.4 Å². The highest BCUT2D eigenvalue weighted by Crippen LogP contribution is 2.34. The SMILES string of the molecule is CN1CCC[C@@H](CNC(=O)COCC2CC2)[C@@H]1c1ccnn1C. The molecular formula is C17H28N4O2. The lowest BCUT2D eigenvalue weighted by molar-refractivity contribution is -0.126. The van der Waals surface area contributed by atoms with Crippen molar-refractivity contribution in [3.05, 3.63) is 18.0 Å². The van der Waals surface area contributed by atoms with Crippen LogP contribution in [0.15, 0.2) is 12.3 Å². The summed E-state index contributed by atoms with van der Waals surface area (Å²) in [5.74, 6) is 1.11. The van der Waals surface area contributed by atoms with Crippen LogP contribution < -0.4 is 5.32 Å². The van der Waals surface area contributed by atoms with Crippen LogP contribution in [0.4, 0.5) is 0 Å². The molecule has 2 aliphatic rings. The van der Waals surface area contributed by atoms with E-state index in [1.165, 1.54) is 25.0 Å². The molecule has 1 saturated carbocycles. The molecule has 0 spiro atoms. The third kappa shape index (κ3) is 4.32. The van der Waals surface area contributed by atoms with Crippen molar-refractivity contribution < 1.29 is 9.53 Å². The van der Waals surface area contributed by atoms with E-state index < -0.39 is 0 Å². The second kappa shape index (κ2) is 7.45. The predicted molar refractivity (Wildman–Crippen MR) is 87.9 cm³/mol. The second-order valence-electron chi connectivity index (χ2n) is 6.97. The van der Waals surface area contributed by atoms with Crippen molar-refractivity contribution in [1.82, 2.24) is 20.0 Å². The van der Waals surface area contributed by atoms with Gasteiger partial charge >= 0.3 is 0 Å². The summed E-state index contributed by atoms with van der Waals surface area (Å²) in [6.07, 6.45) is 6.65. The maximum atomic E-state index is 12.0. The molecule has 1 aromatic rings. The van der Waals surface area contributed by atoms with Crippen LogP contribution >= 0.6 is 0 Å². The van der Waals surface area contributed by atoms with Crippen molar-refractivity contribution in [1.29, 1.82) is 0 Å². The van der Waals surface area contributed by atoms with Crippen molar-refractivity contribution in [3.8, 4) is 0 Å². The maximum absolute atomic E-state index is 12.0. The number of carbonyl (C=O) groups excluding carboxylic acids is 1. The molecule has 2 fully saturated rings. The lowest BCUT2D eigenvalue weighted by Crippen LogP contribution is -2.43. The number of ether oxygens (including phenoxy) is 1. The summed E-state index contributed by atoms with van der Waals surface area (Å²) in [4.78, 5) is 14.3. The summed E-state index contributed by atoms with van der Waals surface area (Å²) < 4.78 is 7.41. The first-order chi connectivity index (χ1) is 11.1. The zero-order chi connectivity index (χ0) is 16.2. The topological polar surface area (TPSA) is 59.4 Å². The third-order valence-corrected chi connectivity index (χ3v) is 5.01. The van der Waals surface area contributed by atoms with Gasteiger partial charge in [0.05, 0.1) is 18.3 Å². The number of hydrogen-bond donors (Lipinski definition) is 1. The van der Waals surface area contributed by atoms with E-state index in [1.807, 2.05) is 17.9 Å². The van der Waals surface area contributed by atoms with Crippen LogP contribution in [0, 0.1) is 11.8 Å². The van der Waals surface area contributed by atoms with Gasteiger partial charge < -0.3 is 10.1 Å². The fraction of sp³-hybridized carbons (Fsp3) is 0.765. The number of nitrogens with zero attached hydrogens (tertiary/aromatic N) is 3. The smallest absolute Gasteiger partial charge is 0.246 e. The lowest BCUT2D eigenvalue weighted by Gasteiger charge is -2.39. The van der Waals surface area contributed by atoms with E-state index in [9.17, 15) is 4.79 Å². The van der Waals surface area contributed by atoms with E-state index in [0.29, 0.717) is 24.4 Å². The Hall–Kier alpha value is -1.40. The van der Waals surface area contributed by atoms with E-state index in [4.69, 9.17) is 4.74 Å². The van der Waals surface area contributed by atoms with Crippen molar-refractivity contribution in [3.63, 3.8) is 0 Å². The van der Waals surface area contributed by atoms with Gasteiger partial charge in [0.2, 0.25) is 5.91 Å². The quantitative estimate of drug-likeness (QED) is 0.824. The molecule has 1 aliphatic heterocycles. The van der Waals surface area contributed by atoms with E-state index in [-0.39, 0.29) is 12.5 Å². The molecule has 0 bridgehead atoms. The number of amides is 1. The molecule has 128 valence electrons. The zero-order valence-electron chi connectivity index (χ0n) is 14.2. The summed E-state index contributed by atoms with van der Waals surface area (Å²) in [7, 11) is 4.14. The molecule has 1 amide bonds. The van der Waals surface area contributed by atoms with Gasteiger partial charge in [-0.2, -0.15) is 5.10 Å². The Morgan fingerprint density at radius 1 is 1.39 bits per heavy atom. The van der Waals surface area contributed by atoms with Crippen molar-refractivity contribution in [2.75, 3.05) is 33.4 Å². The van der Waals surface area contributed by atoms with Crippen LogP contribution in [0.25, 0.3) is 0 Å². The molecule has 2 atom stereocenters. The molecule has 0 aromatic carbocycles. The Bertz CT molecular complexity index is 526.